The monoisotopic (exact) mass is 636 g/mol. The van der Waals surface area contributed by atoms with Crippen LogP contribution in [0.2, 0.25) is 0 Å². The van der Waals surface area contributed by atoms with Gasteiger partial charge in [0.2, 0.25) is 0 Å². The number of hydrogen-bond acceptors (Lipinski definition) is 6. The highest BCUT2D eigenvalue weighted by Crippen LogP contribution is 2.29. The number of amides is 4. The normalized spacial score (nSPS) is 22.5. The number of urea groups is 1. The van der Waals surface area contributed by atoms with Gasteiger partial charge in [-0.2, -0.15) is 0 Å². The number of carbonyl (C=O) groups is 3. The number of likely N-dealkylation sites (N-methyl/N-ethyl adjacent to an activating group) is 1. The minimum Gasteiger partial charge on any atom is -0.490 e. The maximum absolute atomic E-state index is 14.3. The van der Waals surface area contributed by atoms with Crippen LogP contribution in [0.1, 0.15) is 92.9 Å². The first kappa shape index (κ1) is 35.2. The highest BCUT2D eigenvalue weighted by Gasteiger charge is 2.31. The summed E-state index contributed by atoms with van der Waals surface area (Å²) in [7, 11) is 1.79. The molecule has 46 heavy (non-hydrogen) atoms. The Morgan fingerprint density at radius 3 is 2.46 bits per heavy atom. The Morgan fingerprint density at radius 1 is 1.02 bits per heavy atom. The average molecular weight is 637 g/mol. The quantitative estimate of drug-likeness (QED) is 0.358. The lowest BCUT2D eigenvalue weighted by Crippen LogP contribution is -2.50. The Balaban J connectivity index is 1.58. The highest BCUT2D eigenvalue weighted by atomic mass is 16.5. The number of benzene rings is 2. The molecule has 0 bridgehead atoms. The molecule has 4 amide bonds. The van der Waals surface area contributed by atoms with Gasteiger partial charge in [0.25, 0.3) is 11.8 Å². The van der Waals surface area contributed by atoms with Crippen molar-refractivity contribution in [3.8, 4) is 5.75 Å². The molecule has 2 aliphatic rings. The summed E-state index contributed by atoms with van der Waals surface area (Å²) >= 11 is 0. The standard InChI is InChI=1S/C36H52N4O6/c1-25-22-40(26(2)24-41)35(43)31-21-30(37-34(42)28-14-7-5-8-15-28)18-19-32(31)46-27(3)13-11-12-20-45-33(25)23-39(4)36(44)38-29-16-9-6-10-17-29/h5,7-8,14-15,18-19,21,25-27,29,33,41H,6,9-13,16-17,20,22-24H2,1-4H3,(H,37,42)(H,38,44)/t25-,26+,27+,33+/m0/s1. The topological polar surface area (TPSA) is 120 Å². The van der Waals surface area contributed by atoms with Gasteiger partial charge < -0.3 is 35.0 Å². The van der Waals surface area contributed by atoms with Crippen molar-refractivity contribution in [2.75, 3.05) is 38.7 Å². The summed E-state index contributed by atoms with van der Waals surface area (Å²) in [6.07, 6.45) is 7.50. The molecule has 0 saturated heterocycles. The molecule has 0 unspecified atom stereocenters. The number of aliphatic hydroxyl groups excluding tert-OH is 1. The number of anilines is 1. The van der Waals surface area contributed by atoms with Crippen LogP contribution < -0.4 is 15.4 Å². The van der Waals surface area contributed by atoms with Gasteiger partial charge in [-0.25, -0.2) is 4.79 Å². The van der Waals surface area contributed by atoms with Crippen LogP contribution in [0.5, 0.6) is 5.75 Å². The summed E-state index contributed by atoms with van der Waals surface area (Å²) in [5.41, 5.74) is 1.28. The molecular weight excluding hydrogens is 584 g/mol. The maximum atomic E-state index is 14.3. The van der Waals surface area contributed by atoms with Gasteiger partial charge in [0.1, 0.15) is 5.75 Å². The highest BCUT2D eigenvalue weighted by molar-refractivity contribution is 6.05. The van der Waals surface area contributed by atoms with Crippen molar-refractivity contribution in [2.45, 2.75) is 96.4 Å². The molecule has 10 heteroatoms. The van der Waals surface area contributed by atoms with Crippen LogP contribution in [0.25, 0.3) is 0 Å². The second kappa shape index (κ2) is 17.3. The van der Waals surface area contributed by atoms with E-state index in [9.17, 15) is 19.5 Å². The van der Waals surface area contributed by atoms with Crippen molar-refractivity contribution in [3.63, 3.8) is 0 Å². The summed E-state index contributed by atoms with van der Waals surface area (Å²) < 4.78 is 12.7. The molecule has 3 N–H and O–H groups in total. The molecule has 1 saturated carbocycles. The van der Waals surface area contributed by atoms with Gasteiger partial charge >= 0.3 is 6.03 Å². The number of nitrogens with zero attached hydrogens (tertiary/aromatic N) is 2. The largest absolute Gasteiger partial charge is 0.490 e. The third-order valence-corrected chi connectivity index (χ3v) is 9.08. The first-order chi connectivity index (χ1) is 22.2. The second-order valence-electron chi connectivity index (χ2n) is 13.0. The van der Waals surface area contributed by atoms with Gasteiger partial charge in [0, 0.05) is 50.0 Å². The van der Waals surface area contributed by atoms with Crippen LogP contribution in [-0.2, 0) is 4.74 Å². The minimum absolute atomic E-state index is 0.108. The molecule has 4 rings (SSSR count). The van der Waals surface area contributed by atoms with E-state index in [0.29, 0.717) is 42.3 Å². The summed E-state index contributed by atoms with van der Waals surface area (Å²) in [6.45, 7) is 6.77. The fraction of sp³-hybridized carbons (Fsp3) is 0.583. The number of fused-ring (bicyclic) bond motifs is 1. The number of hydrogen-bond donors (Lipinski definition) is 3. The molecule has 0 radical (unpaired) electrons. The van der Waals surface area contributed by atoms with Crippen LogP contribution in [-0.4, -0.2) is 90.4 Å². The summed E-state index contributed by atoms with van der Waals surface area (Å²) in [4.78, 5) is 43.7. The van der Waals surface area contributed by atoms with Crippen LogP contribution >= 0.6 is 0 Å². The molecule has 10 nitrogen and oxygen atoms in total. The van der Waals surface area contributed by atoms with E-state index in [0.717, 1.165) is 44.9 Å². The summed E-state index contributed by atoms with van der Waals surface area (Å²) in [5.74, 6) is -0.323. The van der Waals surface area contributed by atoms with E-state index in [1.165, 1.54) is 6.42 Å². The number of carbonyl (C=O) groups excluding carboxylic acids is 3. The molecule has 0 aromatic heterocycles. The van der Waals surface area contributed by atoms with E-state index in [1.807, 2.05) is 19.9 Å². The number of aliphatic hydroxyl groups is 1. The number of rotatable bonds is 7. The van der Waals surface area contributed by atoms with E-state index < -0.39 is 6.04 Å². The van der Waals surface area contributed by atoms with E-state index in [1.54, 1.807) is 66.2 Å². The minimum atomic E-state index is -0.497. The fourth-order valence-corrected chi connectivity index (χ4v) is 6.14. The average Bonchev–Trinajstić information content (AvgIpc) is 3.06. The van der Waals surface area contributed by atoms with Crippen molar-refractivity contribution in [1.82, 2.24) is 15.1 Å². The Kier molecular flexibility index (Phi) is 13.3. The predicted molar refractivity (Wildman–Crippen MR) is 179 cm³/mol. The van der Waals surface area contributed by atoms with Crippen molar-refractivity contribution in [2.24, 2.45) is 5.92 Å². The van der Waals surface area contributed by atoms with Crippen molar-refractivity contribution in [1.29, 1.82) is 0 Å². The number of ether oxygens (including phenoxy) is 2. The van der Waals surface area contributed by atoms with Gasteiger partial charge in [-0.15, -0.1) is 0 Å². The third kappa shape index (κ3) is 9.93. The fourth-order valence-electron chi connectivity index (χ4n) is 6.14. The molecule has 0 spiro atoms. The van der Waals surface area contributed by atoms with Gasteiger partial charge in [-0.3, -0.25) is 9.59 Å². The summed E-state index contributed by atoms with van der Waals surface area (Å²) in [5, 5.41) is 16.3. The van der Waals surface area contributed by atoms with Crippen LogP contribution in [0.15, 0.2) is 48.5 Å². The van der Waals surface area contributed by atoms with Crippen LogP contribution in [0.3, 0.4) is 0 Å². The van der Waals surface area contributed by atoms with E-state index in [2.05, 4.69) is 10.6 Å². The van der Waals surface area contributed by atoms with Crippen molar-refractivity contribution < 1.29 is 29.0 Å². The molecule has 1 aliphatic heterocycles. The lowest BCUT2D eigenvalue weighted by Gasteiger charge is -2.36. The molecular formula is C36H52N4O6. The number of nitrogens with one attached hydrogen (secondary N) is 2. The summed E-state index contributed by atoms with van der Waals surface area (Å²) in [6, 6.07) is 13.6. The smallest absolute Gasteiger partial charge is 0.317 e. The molecule has 252 valence electrons. The Hall–Kier alpha value is -3.63. The van der Waals surface area contributed by atoms with Crippen LogP contribution in [0, 0.1) is 5.92 Å². The Morgan fingerprint density at radius 2 is 1.74 bits per heavy atom. The molecule has 2 aromatic rings. The van der Waals surface area contributed by atoms with Gasteiger partial charge in [-0.1, -0.05) is 44.4 Å². The zero-order valence-electron chi connectivity index (χ0n) is 27.9. The maximum Gasteiger partial charge on any atom is 0.317 e. The van der Waals surface area contributed by atoms with Gasteiger partial charge in [-0.05, 0) is 76.3 Å². The molecule has 1 heterocycles. The Bertz CT molecular complexity index is 1280. The first-order valence-electron chi connectivity index (χ1n) is 16.9. The second-order valence-corrected chi connectivity index (χ2v) is 13.0. The lowest BCUT2D eigenvalue weighted by molar-refractivity contribution is -0.0123. The molecule has 1 aliphatic carbocycles. The van der Waals surface area contributed by atoms with Gasteiger partial charge in [0.05, 0.1) is 30.4 Å². The molecule has 2 aromatic carbocycles. The van der Waals surface area contributed by atoms with E-state index in [4.69, 9.17) is 9.47 Å². The SMILES string of the molecule is C[C@@H]1CCCCO[C@H](CN(C)C(=O)NC2CCCCC2)[C@@H](C)CN([C@H](C)CO)C(=O)c2cc(NC(=O)c3ccccc3)ccc2O1. The van der Waals surface area contributed by atoms with Gasteiger partial charge in [0.15, 0.2) is 0 Å². The Labute approximate surface area is 273 Å². The first-order valence-corrected chi connectivity index (χ1v) is 16.9. The third-order valence-electron chi connectivity index (χ3n) is 9.08. The zero-order valence-corrected chi connectivity index (χ0v) is 27.9. The van der Waals surface area contributed by atoms with Crippen molar-refractivity contribution in [3.05, 3.63) is 59.7 Å². The van der Waals surface area contributed by atoms with Crippen LogP contribution in [0.4, 0.5) is 10.5 Å². The lowest BCUT2D eigenvalue weighted by atomic mass is 9.96. The predicted octanol–water partition coefficient (Wildman–Crippen LogP) is 5.71. The zero-order chi connectivity index (χ0) is 33.1. The molecule has 4 atom stereocenters. The van der Waals surface area contributed by atoms with E-state index in [-0.39, 0.29) is 48.6 Å². The van der Waals surface area contributed by atoms with Crippen molar-refractivity contribution >= 4 is 23.5 Å². The van der Waals surface area contributed by atoms with E-state index >= 15 is 0 Å². The molecule has 1 fully saturated rings.